The average Bonchev–Trinajstić information content (AvgIpc) is 2.24. The molecule has 1 aromatic carbocycles. The van der Waals surface area contributed by atoms with Gasteiger partial charge >= 0.3 is 0 Å². The average molecular weight is 202 g/mol. The zero-order chi connectivity index (χ0) is 11.3. The standard InChI is InChI=1S/C13H18N2/c1-4-15(9-8-14)10-13-7-5-6-11(2)12(13)3/h5-7H,4,9-10H2,1-3H3. The second kappa shape index (κ2) is 5.53. The number of nitriles is 1. The highest BCUT2D eigenvalue weighted by Crippen LogP contribution is 2.14. The van der Waals surface area contributed by atoms with E-state index in [9.17, 15) is 0 Å². The van der Waals surface area contributed by atoms with Crippen molar-refractivity contribution in [3.05, 3.63) is 34.9 Å². The van der Waals surface area contributed by atoms with Crippen LogP contribution in [0.1, 0.15) is 23.6 Å². The Kier molecular flexibility index (Phi) is 4.33. The first-order valence-corrected chi connectivity index (χ1v) is 5.33. The van der Waals surface area contributed by atoms with Gasteiger partial charge in [-0.15, -0.1) is 0 Å². The predicted molar refractivity (Wildman–Crippen MR) is 62.5 cm³/mol. The summed E-state index contributed by atoms with van der Waals surface area (Å²) in [6.45, 7) is 8.65. The second-order valence-corrected chi connectivity index (χ2v) is 3.82. The topological polar surface area (TPSA) is 27.0 Å². The van der Waals surface area contributed by atoms with Crippen LogP contribution in [0, 0.1) is 25.2 Å². The van der Waals surface area contributed by atoms with E-state index in [1.807, 2.05) is 0 Å². The van der Waals surface area contributed by atoms with Gasteiger partial charge in [0.15, 0.2) is 0 Å². The Balaban J connectivity index is 2.80. The number of nitrogens with zero attached hydrogens (tertiary/aromatic N) is 2. The zero-order valence-electron chi connectivity index (χ0n) is 9.75. The van der Waals surface area contributed by atoms with Crippen LogP contribution in [0.2, 0.25) is 0 Å². The molecule has 0 heterocycles. The number of rotatable bonds is 4. The van der Waals surface area contributed by atoms with Crippen LogP contribution in [-0.4, -0.2) is 18.0 Å². The van der Waals surface area contributed by atoms with Gasteiger partial charge in [-0.25, -0.2) is 0 Å². The van der Waals surface area contributed by atoms with Crippen LogP contribution in [-0.2, 0) is 6.54 Å². The van der Waals surface area contributed by atoms with Gasteiger partial charge < -0.3 is 0 Å². The number of benzene rings is 1. The van der Waals surface area contributed by atoms with E-state index < -0.39 is 0 Å². The largest absolute Gasteiger partial charge is 0.287 e. The lowest BCUT2D eigenvalue weighted by atomic mass is 10.0. The van der Waals surface area contributed by atoms with Crippen molar-refractivity contribution in [2.45, 2.75) is 27.3 Å². The summed E-state index contributed by atoms with van der Waals surface area (Å²) in [7, 11) is 0. The molecule has 0 amide bonds. The Morgan fingerprint density at radius 3 is 2.67 bits per heavy atom. The van der Waals surface area contributed by atoms with E-state index in [4.69, 9.17) is 5.26 Å². The van der Waals surface area contributed by atoms with E-state index in [0.717, 1.165) is 13.1 Å². The molecule has 0 aliphatic carbocycles. The second-order valence-electron chi connectivity index (χ2n) is 3.82. The fourth-order valence-electron chi connectivity index (χ4n) is 1.60. The molecule has 2 nitrogen and oxygen atoms in total. The Morgan fingerprint density at radius 1 is 1.33 bits per heavy atom. The maximum absolute atomic E-state index is 8.68. The summed E-state index contributed by atoms with van der Waals surface area (Å²) in [5.74, 6) is 0. The van der Waals surface area contributed by atoms with Crippen molar-refractivity contribution in [2.24, 2.45) is 0 Å². The minimum atomic E-state index is 0.504. The van der Waals surface area contributed by atoms with Crippen LogP contribution in [0.5, 0.6) is 0 Å². The number of hydrogen-bond acceptors (Lipinski definition) is 2. The predicted octanol–water partition coefficient (Wildman–Crippen LogP) is 2.65. The van der Waals surface area contributed by atoms with Crippen molar-refractivity contribution < 1.29 is 0 Å². The Morgan fingerprint density at radius 2 is 2.07 bits per heavy atom. The molecular formula is C13H18N2. The van der Waals surface area contributed by atoms with Crippen molar-refractivity contribution in [1.29, 1.82) is 5.26 Å². The summed E-state index contributed by atoms with van der Waals surface area (Å²) in [5, 5.41) is 8.68. The first kappa shape index (κ1) is 11.7. The van der Waals surface area contributed by atoms with Gasteiger partial charge in [0.25, 0.3) is 0 Å². The maximum atomic E-state index is 8.68. The molecule has 15 heavy (non-hydrogen) atoms. The summed E-state index contributed by atoms with van der Waals surface area (Å²) < 4.78 is 0. The van der Waals surface area contributed by atoms with Crippen LogP contribution < -0.4 is 0 Å². The van der Waals surface area contributed by atoms with Gasteiger partial charge in [0.05, 0.1) is 12.6 Å². The first-order chi connectivity index (χ1) is 7.19. The molecule has 0 bridgehead atoms. The van der Waals surface area contributed by atoms with Crippen LogP contribution in [0.25, 0.3) is 0 Å². The Bertz CT molecular complexity index is 363. The van der Waals surface area contributed by atoms with Crippen molar-refractivity contribution in [2.75, 3.05) is 13.1 Å². The van der Waals surface area contributed by atoms with E-state index in [-0.39, 0.29) is 0 Å². The Hall–Kier alpha value is -1.33. The minimum absolute atomic E-state index is 0.504. The van der Waals surface area contributed by atoms with Crippen LogP contribution >= 0.6 is 0 Å². The molecule has 80 valence electrons. The lowest BCUT2D eigenvalue weighted by molar-refractivity contribution is 0.314. The molecule has 0 N–H and O–H groups in total. The molecule has 0 radical (unpaired) electrons. The summed E-state index contributed by atoms with van der Waals surface area (Å²) in [6.07, 6.45) is 0. The molecule has 2 heteroatoms. The SMILES string of the molecule is CCN(CC#N)Cc1cccc(C)c1C. The van der Waals surface area contributed by atoms with Gasteiger partial charge in [-0.05, 0) is 37.1 Å². The number of hydrogen-bond donors (Lipinski definition) is 0. The third kappa shape index (κ3) is 3.07. The molecular weight excluding hydrogens is 184 g/mol. The van der Waals surface area contributed by atoms with Crippen LogP contribution in [0.15, 0.2) is 18.2 Å². The quantitative estimate of drug-likeness (QED) is 0.702. The van der Waals surface area contributed by atoms with Crippen molar-refractivity contribution in [3.63, 3.8) is 0 Å². The molecule has 1 aromatic rings. The normalized spacial score (nSPS) is 10.3. The molecule has 0 fully saturated rings. The highest BCUT2D eigenvalue weighted by Gasteiger charge is 2.05. The minimum Gasteiger partial charge on any atom is -0.287 e. The molecule has 0 atom stereocenters. The summed E-state index contributed by atoms with van der Waals surface area (Å²) in [6, 6.07) is 8.55. The molecule has 0 unspecified atom stereocenters. The van der Waals surface area contributed by atoms with E-state index in [1.54, 1.807) is 0 Å². The highest BCUT2D eigenvalue weighted by atomic mass is 15.1. The summed E-state index contributed by atoms with van der Waals surface area (Å²) in [5.41, 5.74) is 3.99. The fourth-order valence-corrected chi connectivity index (χ4v) is 1.60. The molecule has 0 aliphatic rings. The lowest BCUT2D eigenvalue weighted by Gasteiger charge is -2.18. The van der Waals surface area contributed by atoms with E-state index in [0.29, 0.717) is 6.54 Å². The van der Waals surface area contributed by atoms with Crippen LogP contribution in [0.3, 0.4) is 0 Å². The van der Waals surface area contributed by atoms with Crippen LogP contribution in [0.4, 0.5) is 0 Å². The number of aryl methyl sites for hydroxylation is 1. The van der Waals surface area contributed by atoms with Gasteiger partial charge in [0.2, 0.25) is 0 Å². The molecule has 0 saturated heterocycles. The third-order valence-electron chi connectivity index (χ3n) is 2.85. The van der Waals surface area contributed by atoms with E-state index in [1.165, 1.54) is 16.7 Å². The molecule has 0 aliphatic heterocycles. The first-order valence-electron chi connectivity index (χ1n) is 5.33. The highest BCUT2D eigenvalue weighted by molar-refractivity contribution is 5.33. The lowest BCUT2D eigenvalue weighted by Crippen LogP contribution is -2.23. The van der Waals surface area contributed by atoms with Crippen molar-refractivity contribution in [3.8, 4) is 6.07 Å². The van der Waals surface area contributed by atoms with Crippen molar-refractivity contribution in [1.82, 2.24) is 4.90 Å². The fraction of sp³-hybridized carbons (Fsp3) is 0.462. The van der Waals surface area contributed by atoms with Gasteiger partial charge in [-0.2, -0.15) is 5.26 Å². The molecule has 0 spiro atoms. The van der Waals surface area contributed by atoms with Gasteiger partial charge in [-0.1, -0.05) is 25.1 Å². The monoisotopic (exact) mass is 202 g/mol. The summed E-state index contributed by atoms with van der Waals surface area (Å²) in [4.78, 5) is 2.14. The van der Waals surface area contributed by atoms with Gasteiger partial charge in [0.1, 0.15) is 0 Å². The van der Waals surface area contributed by atoms with E-state index >= 15 is 0 Å². The summed E-state index contributed by atoms with van der Waals surface area (Å²) >= 11 is 0. The van der Waals surface area contributed by atoms with Gasteiger partial charge in [-0.3, -0.25) is 4.90 Å². The Labute approximate surface area is 92.1 Å². The smallest absolute Gasteiger partial charge is 0.0868 e. The van der Waals surface area contributed by atoms with Gasteiger partial charge in [0, 0.05) is 6.54 Å². The zero-order valence-corrected chi connectivity index (χ0v) is 9.75. The molecule has 0 aromatic heterocycles. The molecule has 0 saturated carbocycles. The third-order valence-corrected chi connectivity index (χ3v) is 2.85. The molecule has 1 rings (SSSR count). The van der Waals surface area contributed by atoms with Crippen molar-refractivity contribution >= 4 is 0 Å². The van der Waals surface area contributed by atoms with E-state index in [2.05, 4.69) is 49.9 Å². The maximum Gasteiger partial charge on any atom is 0.0868 e.